The Morgan fingerprint density at radius 3 is 2.52 bits per heavy atom. The number of nitrogens with one attached hydrogen (secondary N) is 1. The largest absolute Gasteiger partial charge is 0.397 e. The lowest BCUT2D eigenvalue weighted by Gasteiger charge is -2.04. The lowest BCUT2D eigenvalue weighted by atomic mass is 10.2. The van der Waals surface area contributed by atoms with Gasteiger partial charge in [-0.3, -0.25) is 4.79 Å². The highest BCUT2D eigenvalue weighted by Gasteiger charge is 2.16. The Morgan fingerprint density at radius 1 is 1.14 bits per heavy atom. The van der Waals surface area contributed by atoms with Crippen LogP contribution in [0.1, 0.15) is 15.2 Å². The number of amides is 1. The molecule has 0 radical (unpaired) electrons. The normalized spacial score (nSPS) is 10.2. The van der Waals surface area contributed by atoms with E-state index in [1.54, 1.807) is 24.3 Å². The molecule has 0 fully saturated rings. The molecule has 5 heteroatoms. The summed E-state index contributed by atoms with van der Waals surface area (Å²) in [6.45, 7) is 0. The summed E-state index contributed by atoms with van der Waals surface area (Å²) in [4.78, 5) is 12.8. The van der Waals surface area contributed by atoms with Gasteiger partial charge in [-0.15, -0.1) is 11.3 Å². The number of carbonyl (C=O) groups excluding carboxylic acids is 1. The van der Waals surface area contributed by atoms with E-state index in [0.29, 0.717) is 21.8 Å². The molecule has 21 heavy (non-hydrogen) atoms. The quantitative estimate of drug-likeness (QED) is 0.757. The van der Waals surface area contributed by atoms with Crippen LogP contribution in [-0.4, -0.2) is 5.91 Å². The van der Waals surface area contributed by atoms with E-state index in [9.17, 15) is 4.79 Å². The minimum absolute atomic E-state index is 0.238. The number of nitrogens with zero attached hydrogens (tertiary/aromatic N) is 1. The Morgan fingerprint density at radius 2 is 1.86 bits per heavy atom. The van der Waals surface area contributed by atoms with Crippen LogP contribution in [-0.2, 0) is 0 Å². The van der Waals surface area contributed by atoms with Crippen molar-refractivity contribution in [2.45, 2.75) is 0 Å². The van der Waals surface area contributed by atoms with E-state index in [0.717, 1.165) is 10.1 Å². The monoisotopic (exact) mass is 293 g/mol. The molecule has 0 spiro atoms. The number of hydrogen-bond acceptors (Lipinski definition) is 4. The molecule has 0 atom stereocenters. The van der Waals surface area contributed by atoms with Gasteiger partial charge in [0.15, 0.2) is 0 Å². The molecule has 0 saturated carbocycles. The van der Waals surface area contributed by atoms with E-state index < -0.39 is 0 Å². The van der Waals surface area contributed by atoms with E-state index in [1.165, 1.54) is 11.3 Å². The zero-order valence-corrected chi connectivity index (χ0v) is 11.8. The second-order valence-corrected chi connectivity index (χ2v) is 5.54. The molecule has 0 aliphatic carbocycles. The molecule has 0 aliphatic rings. The van der Waals surface area contributed by atoms with Gasteiger partial charge in [-0.1, -0.05) is 18.2 Å². The third kappa shape index (κ3) is 2.45. The fraction of sp³-hybridized carbons (Fsp3) is 0. The molecule has 1 amide bonds. The first-order valence-electron chi connectivity index (χ1n) is 6.27. The maximum absolute atomic E-state index is 12.3. The second-order valence-electron chi connectivity index (χ2n) is 4.48. The summed E-state index contributed by atoms with van der Waals surface area (Å²) in [5, 5.41) is 12.4. The zero-order chi connectivity index (χ0) is 14.8. The highest BCUT2D eigenvalue weighted by atomic mass is 32.1. The SMILES string of the molecule is N#Cc1ccc(NC(=O)c2sc3ccccc3c2N)cc1. The average Bonchev–Trinajstić information content (AvgIpc) is 2.86. The Balaban J connectivity index is 1.90. The topological polar surface area (TPSA) is 78.9 Å². The van der Waals surface area contributed by atoms with Gasteiger partial charge in [0.25, 0.3) is 5.91 Å². The second kappa shape index (κ2) is 5.27. The zero-order valence-electron chi connectivity index (χ0n) is 11.0. The maximum atomic E-state index is 12.3. The number of benzene rings is 2. The standard InChI is InChI=1S/C16H11N3OS/c17-9-10-5-7-11(8-6-10)19-16(20)15-14(18)12-3-1-2-4-13(12)21-15/h1-8H,18H2,(H,19,20). The summed E-state index contributed by atoms with van der Waals surface area (Å²) in [7, 11) is 0. The van der Waals surface area contributed by atoms with Crippen molar-refractivity contribution in [1.29, 1.82) is 5.26 Å². The van der Waals surface area contributed by atoms with Crippen LogP contribution in [0.25, 0.3) is 10.1 Å². The van der Waals surface area contributed by atoms with E-state index in [-0.39, 0.29) is 5.91 Å². The van der Waals surface area contributed by atoms with Crippen molar-refractivity contribution in [3.8, 4) is 6.07 Å². The van der Waals surface area contributed by atoms with Gasteiger partial charge in [-0.25, -0.2) is 0 Å². The van der Waals surface area contributed by atoms with Crippen LogP contribution in [0.5, 0.6) is 0 Å². The number of nitrogens with two attached hydrogens (primary N) is 1. The van der Waals surface area contributed by atoms with Crippen LogP contribution in [0.4, 0.5) is 11.4 Å². The summed E-state index contributed by atoms with van der Waals surface area (Å²) in [6.07, 6.45) is 0. The highest BCUT2D eigenvalue weighted by Crippen LogP contribution is 2.33. The van der Waals surface area contributed by atoms with Gasteiger partial charge < -0.3 is 11.1 Å². The van der Waals surface area contributed by atoms with E-state index in [2.05, 4.69) is 5.32 Å². The predicted molar refractivity (Wildman–Crippen MR) is 85.3 cm³/mol. The lowest BCUT2D eigenvalue weighted by molar-refractivity contribution is 0.103. The number of anilines is 2. The number of nitriles is 1. The van der Waals surface area contributed by atoms with Crippen molar-refractivity contribution in [1.82, 2.24) is 0 Å². The molecule has 0 unspecified atom stereocenters. The third-order valence-electron chi connectivity index (χ3n) is 3.11. The molecule has 3 N–H and O–H groups in total. The molecule has 3 aromatic rings. The average molecular weight is 293 g/mol. The van der Waals surface area contributed by atoms with Gasteiger partial charge >= 0.3 is 0 Å². The van der Waals surface area contributed by atoms with Crippen molar-refractivity contribution in [3.63, 3.8) is 0 Å². The van der Waals surface area contributed by atoms with Crippen LogP contribution in [0.15, 0.2) is 48.5 Å². The van der Waals surface area contributed by atoms with Crippen LogP contribution in [0, 0.1) is 11.3 Å². The summed E-state index contributed by atoms with van der Waals surface area (Å²) in [5.74, 6) is -0.238. The first-order chi connectivity index (χ1) is 10.2. The van der Waals surface area contributed by atoms with Crippen molar-refractivity contribution in [3.05, 3.63) is 59.0 Å². The summed E-state index contributed by atoms with van der Waals surface area (Å²) < 4.78 is 0.986. The van der Waals surface area contributed by atoms with Gasteiger partial charge in [0, 0.05) is 15.8 Å². The fourth-order valence-corrected chi connectivity index (χ4v) is 3.07. The Bertz CT molecular complexity index is 859. The smallest absolute Gasteiger partial charge is 0.267 e. The van der Waals surface area contributed by atoms with Gasteiger partial charge in [-0.05, 0) is 30.3 Å². The number of fused-ring (bicyclic) bond motifs is 1. The molecule has 102 valence electrons. The van der Waals surface area contributed by atoms with E-state index in [4.69, 9.17) is 11.0 Å². The van der Waals surface area contributed by atoms with Crippen molar-refractivity contribution in [2.75, 3.05) is 11.1 Å². The molecule has 3 rings (SSSR count). The van der Waals surface area contributed by atoms with Crippen LogP contribution < -0.4 is 11.1 Å². The molecular weight excluding hydrogens is 282 g/mol. The highest BCUT2D eigenvalue weighted by molar-refractivity contribution is 7.21. The molecule has 0 aliphatic heterocycles. The van der Waals surface area contributed by atoms with E-state index >= 15 is 0 Å². The maximum Gasteiger partial charge on any atom is 0.267 e. The first kappa shape index (κ1) is 13.2. The lowest BCUT2D eigenvalue weighted by Crippen LogP contribution is -2.11. The number of nitrogen functional groups attached to an aromatic ring is 1. The number of hydrogen-bond donors (Lipinski definition) is 2. The van der Waals surface area contributed by atoms with Crippen LogP contribution in [0.2, 0.25) is 0 Å². The van der Waals surface area contributed by atoms with Gasteiger partial charge in [0.1, 0.15) is 4.88 Å². The molecule has 2 aromatic carbocycles. The molecule has 4 nitrogen and oxygen atoms in total. The minimum atomic E-state index is -0.238. The predicted octanol–water partition coefficient (Wildman–Crippen LogP) is 3.61. The molecule has 0 bridgehead atoms. The number of carbonyl (C=O) groups is 1. The van der Waals surface area contributed by atoms with Crippen LogP contribution in [0.3, 0.4) is 0 Å². The molecule has 1 heterocycles. The fourth-order valence-electron chi connectivity index (χ4n) is 2.05. The molecule has 1 aromatic heterocycles. The summed E-state index contributed by atoms with van der Waals surface area (Å²) in [6, 6.07) is 16.4. The van der Waals surface area contributed by atoms with E-state index in [1.807, 2.05) is 30.3 Å². The first-order valence-corrected chi connectivity index (χ1v) is 7.09. The van der Waals surface area contributed by atoms with Crippen molar-refractivity contribution < 1.29 is 4.79 Å². The van der Waals surface area contributed by atoms with Gasteiger partial charge in [0.2, 0.25) is 0 Å². The van der Waals surface area contributed by atoms with Crippen molar-refractivity contribution in [2.24, 2.45) is 0 Å². The molecular formula is C16H11N3OS. The molecule has 0 saturated heterocycles. The Labute approximate surface area is 125 Å². The number of thiophene rings is 1. The van der Waals surface area contributed by atoms with Gasteiger partial charge in [-0.2, -0.15) is 5.26 Å². The Kier molecular flexibility index (Phi) is 3.30. The van der Waals surface area contributed by atoms with Gasteiger partial charge in [0.05, 0.1) is 17.3 Å². The summed E-state index contributed by atoms with van der Waals surface area (Å²) >= 11 is 1.37. The Hall–Kier alpha value is -2.84. The van der Waals surface area contributed by atoms with Crippen molar-refractivity contribution >= 4 is 38.7 Å². The number of rotatable bonds is 2. The third-order valence-corrected chi connectivity index (χ3v) is 4.30. The minimum Gasteiger partial charge on any atom is -0.397 e. The van der Waals surface area contributed by atoms with Crippen LogP contribution >= 0.6 is 11.3 Å². The summed E-state index contributed by atoms with van der Waals surface area (Å²) in [5.41, 5.74) is 7.73.